The molecule has 3 atom stereocenters. The summed E-state index contributed by atoms with van der Waals surface area (Å²) < 4.78 is 0. The molecule has 2 heterocycles. The van der Waals surface area contributed by atoms with Crippen molar-refractivity contribution in [1.82, 2.24) is 10.3 Å². The Morgan fingerprint density at radius 3 is 2.56 bits per heavy atom. The predicted octanol–water partition coefficient (Wildman–Crippen LogP) is 3.16. The normalized spacial score (nSPS) is 14.4. The number of amides is 1. The fourth-order valence-corrected chi connectivity index (χ4v) is 3.44. The molecule has 0 radical (unpaired) electrons. The molecule has 7 heteroatoms. The van der Waals surface area contributed by atoms with Gasteiger partial charge in [0.15, 0.2) is 0 Å². The highest BCUT2D eigenvalue weighted by Crippen LogP contribution is 2.18. The first kappa shape index (κ1) is 18.9. The van der Waals surface area contributed by atoms with Crippen LogP contribution in [0.25, 0.3) is 0 Å². The number of rotatable bonds is 8. The summed E-state index contributed by atoms with van der Waals surface area (Å²) in [7, 11) is 0. The molecule has 3 N–H and O–H groups in total. The van der Waals surface area contributed by atoms with Gasteiger partial charge in [-0.1, -0.05) is 13.0 Å². The van der Waals surface area contributed by atoms with Gasteiger partial charge in [-0.3, -0.25) is 4.79 Å². The molecule has 0 fully saturated rings. The summed E-state index contributed by atoms with van der Waals surface area (Å²) in [5.41, 5.74) is 0. The molecule has 25 heavy (non-hydrogen) atoms. The Morgan fingerprint density at radius 2 is 2.00 bits per heavy atom. The zero-order chi connectivity index (χ0) is 18.4. The summed E-state index contributed by atoms with van der Waals surface area (Å²) in [6.07, 6.45) is 2.28. The van der Waals surface area contributed by atoms with Crippen LogP contribution in [0.15, 0.2) is 36.5 Å². The van der Waals surface area contributed by atoms with Crippen molar-refractivity contribution in [3.63, 3.8) is 0 Å². The lowest BCUT2D eigenvalue weighted by Crippen LogP contribution is -2.46. The molecule has 2 aromatic rings. The van der Waals surface area contributed by atoms with Crippen LogP contribution in [0.4, 0.5) is 5.82 Å². The molecule has 0 spiro atoms. The Hall–Kier alpha value is -2.41. The van der Waals surface area contributed by atoms with E-state index in [-0.39, 0.29) is 17.9 Å². The number of aryl methyl sites for hydroxylation is 1. The monoisotopic (exact) mass is 361 g/mol. The fourth-order valence-electron chi connectivity index (χ4n) is 2.67. The second kappa shape index (κ2) is 8.62. The maximum Gasteiger partial charge on any atom is 0.326 e. The highest BCUT2D eigenvalue weighted by Gasteiger charge is 2.28. The van der Waals surface area contributed by atoms with E-state index in [2.05, 4.69) is 15.6 Å². The van der Waals surface area contributed by atoms with Crippen LogP contribution in [0.1, 0.15) is 34.8 Å². The molecule has 0 aliphatic heterocycles. The number of nitrogens with one attached hydrogen (secondary N) is 2. The lowest BCUT2D eigenvalue weighted by atomic mass is 9.94. The van der Waals surface area contributed by atoms with Crippen molar-refractivity contribution in [1.29, 1.82) is 0 Å². The molecule has 0 saturated heterocycles. The van der Waals surface area contributed by atoms with Crippen molar-refractivity contribution in [3.05, 3.63) is 46.3 Å². The van der Waals surface area contributed by atoms with Crippen molar-refractivity contribution < 1.29 is 14.7 Å². The molecule has 2 unspecified atom stereocenters. The molecule has 0 bridgehead atoms. The van der Waals surface area contributed by atoms with Gasteiger partial charge in [-0.2, -0.15) is 0 Å². The third-order valence-electron chi connectivity index (χ3n) is 3.87. The zero-order valence-electron chi connectivity index (χ0n) is 14.5. The Labute approximate surface area is 151 Å². The average Bonchev–Trinajstić information content (AvgIpc) is 2.99. The predicted molar refractivity (Wildman–Crippen MR) is 99.0 cm³/mol. The van der Waals surface area contributed by atoms with Crippen LogP contribution in [-0.4, -0.2) is 34.1 Å². The van der Waals surface area contributed by atoms with Crippen LogP contribution in [0.2, 0.25) is 0 Å². The fraction of sp³-hybridized carbons (Fsp3) is 0.389. The second-order valence-corrected chi connectivity index (χ2v) is 7.46. The third-order valence-corrected chi connectivity index (χ3v) is 4.87. The number of aromatic nitrogens is 1. The lowest BCUT2D eigenvalue weighted by Gasteiger charge is -2.24. The number of carboxylic acids is 1. The van der Waals surface area contributed by atoms with Crippen LogP contribution in [0.3, 0.4) is 0 Å². The summed E-state index contributed by atoms with van der Waals surface area (Å²) in [5, 5.41) is 15.4. The van der Waals surface area contributed by atoms with Gasteiger partial charge in [-0.15, -0.1) is 11.3 Å². The molecular formula is C18H23N3O3S. The molecule has 134 valence electrons. The minimum atomic E-state index is -1.03. The SMILES string of the molecule is Cc1ccc(C(=O)N[C@H](C(=O)O)C(C)CC(C)Nc2ccccn2)s1. The molecule has 0 saturated carbocycles. The van der Waals surface area contributed by atoms with E-state index in [4.69, 9.17) is 0 Å². The van der Waals surface area contributed by atoms with E-state index in [1.54, 1.807) is 12.3 Å². The molecule has 0 aliphatic rings. The van der Waals surface area contributed by atoms with E-state index in [1.165, 1.54) is 11.3 Å². The minimum Gasteiger partial charge on any atom is -0.480 e. The van der Waals surface area contributed by atoms with Crippen LogP contribution in [0.5, 0.6) is 0 Å². The van der Waals surface area contributed by atoms with Crippen molar-refractivity contribution in [3.8, 4) is 0 Å². The standard InChI is InChI=1S/C18H23N3O3S/c1-11(10-12(2)20-15-6-4-5-9-19-15)16(18(23)24)21-17(22)14-8-7-13(3)25-14/h4-9,11-12,16H,10H2,1-3H3,(H,19,20)(H,21,22)(H,23,24)/t11?,12?,16-/m0/s1. The van der Waals surface area contributed by atoms with Gasteiger partial charge in [-0.25, -0.2) is 9.78 Å². The first-order valence-corrected chi connectivity index (χ1v) is 8.96. The Balaban J connectivity index is 1.96. The largest absolute Gasteiger partial charge is 0.480 e. The minimum absolute atomic E-state index is 0.0210. The molecule has 6 nitrogen and oxygen atoms in total. The summed E-state index contributed by atoms with van der Waals surface area (Å²) >= 11 is 1.35. The number of pyridine rings is 1. The average molecular weight is 361 g/mol. The lowest BCUT2D eigenvalue weighted by molar-refractivity contribution is -0.140. The summed E-state index contributed by atoms with van der Waals surface area (Å²) in [6, 6.07) is 8.21. The van der Waals surface area contributed by atoms with Gasteiger partial charge in [0.05, 0.1) is 4.88 Å². The van der Waals surface area contributed by atoms with Crippen molar-refractivity contribution in [2.75, 3.05) is 5.32 Å². The molecule has 2 aromatic heterocycles. The van der Waals surface area contributed by atoms with E-state index < -0.39 is 12.0 Å². The number of hydrogen-bond acceptors (Lipinski definition) is 5. The van der Waals surface area contributed by atoms with Crippen LogP contribution >= 0.6 is 11.3 Å². The number of carbonyl (C=O) groups is 2. The molecule has 0 aliphatic carbocycles. The number of hydrogen-bond donors (Lipinski definition) is 3. The quantitative estimate of drug-likeness (QED) is 0.672. The van der Waals surface area contributed by atoms with E-state index in [1.807, 2.05) is 45.0 Å². The van der Waals surface area contributed by atoms with Gasteiger partial charge < -0.3 is 15.7 Å². The number of carboxylic acid groups (broad SMARTS) is 1. The first-order valence-electron chi connectivity index (χ1n) is 8.14. The zero-order valence-corrected chi connectivity index (χ0v) is 15.3. The highest BCUT2D eigenvalue weighted by molar-refractivity contribution is 7.13. The molecule has 2 rings (SSSR count). The van der Waals surface area contributed by atoms with Gasteiger partial charge in [-0.05, 0) is 50.5 Å². The maximum atomic E-state index is 12.3. The van der Waals surface area contributed by atoms with Crippen molar-refractivity contribution in [2.45, 2.75) is 39.3 Å². The van der Waals surface area contributed by atoms with E-state index in [0.29, 0.717) is 11.3 Å². The van der Waals surface area contributed by atoms with Crippen LogP contribution in [0, 0.1) is 12.8 Å². The van der Waals surface area contributed by atoms with Crippen LogP contribution in [-0.2, 0) is 4.79 Å². The van der Waals surface area contributed by atoms with Crippen molar-refractivity contribution >= 4 is 29.0 Å². The smallest absolute Gasteiger partial charge is 0.326 e. The number of nitrogens with zero attached hydrogens (tertiary/aromatic N) is 1. The van der Waals surface area contributed by atoms with Gasteiger partial charge in [0.25, 0.3) is 5.91 Å². The third kappa shape index (κ3) is 5.56. The number of aliphatic carboxylic acids is 1. The van der Waals surface area contributed by atoms with Gasteiger partial charge in [0, 0.05) is 17.1 Å². The molecule has 0 aromatic carbocycles. The topological polar surface area (TPSA) is 91.3 Å². The Kier molecular flexibility index (Phi) is 6.52. The number of thiophene rings is 1. The summed E-state index contributed by atoms with van der Waals surface area (Å²) in [4.78, 5) is 29.6. The second-order valence-electron chi connectivity index (χ2n) is 6.17. The Bertz CT molecular complexity index is 717. The van der Waals surface area contributed by atoms with E-state index in [0.717, 1.165) is 10.7 Å². The maximum absolute atomic E-state index is 12.3. The van der Waals surface area contributed by atoms with Gasteiger partial charge in [0.1, 0.15) is 11.9 Å². The van der Waals surface area contributed by atoms with E-state index in [9.17, 15) is 14.7 Å². The Morgan fingerprint density at radius 1 is 1.24 bits per heavy atom. The highest BCUT2D eigenvalue weighted by atomic mass is 32.1. The van der Waals surface area contributed by atoms with Gasteiger partial charge in [0.2, 0.25) is 0 Å². The van der Waals surface area contributed by atoms with Crippen molar-refractivity contribution in [2.24, 2.45) is 5.92 Å². The molecule has 1 amide bonds. The van der Waals surface area contributed by atoms with E-state index >= 15 is 0 Å². The number of anilines is 1. The summed E-state index contributed by atoms with van der Waals surface area (Å²) in [6.45, 7) is 5.70. The molecular weight excluding hydrogens is 338 g/mol. The first-order chi connectivity index (χ1) is 11.9. The van der Waals surface area contributed by atoms with Crippen LogP contribution < -0.4 is 10.6 Å². The summed E-state index contributed by atoms with van der Waals surface area (Å²) in [5.74, 6) is -0.872. The number of carbonyl (C=O) groups excluding carboxylic acids is 1. The van der Waals surface area contributed by atoms with Gasteiger partial charge >= 0.3 is 5.97 Å².